The Labute approximate surface area is 203 Å². The molecule has 0 aliphatic carbocycles. The van der Waals surface area contributed by atoms with Gasteiger partial charge < -0.3 is 5.11 Å². The smallest absolute Gasteiger partial charge is 0.296 e. The average molecular weight is 495 g/mol. The summed E-state index contributed by atoms with van der Waals surface area (Å²) in [5.41, 5.74) is 2.75. The number of aliphatic hydroxyl groups is 1. The first-order chi connectivity index (χ1) is 15.9. The lowest BCUT2D eigenvalue weighted by Crippen LogP contribution is -2.30. The Kier molecular flexibility index (Phi) is 5.78. The molecule has 1 amide bonds. The molecular weight excluding hydrogens is 476 g/mol. The van der Waals surface area contributed by atoms with Crippen molar-refractivity contribution in [3.05, 3.63) is 92.3 Å². The van der Waals surface area contributed by atoms with Gasteiger partial charge in [0.25, 0.3) is 5.91 Å². The third-order valence-electron chi connectivity index (χ3n) is 5.67. The van der Waals surface area contributed by atoms with Crippen LogP contribution in [0.4, 0.5) is 5.13 Å². The second kappa shape index (κ2) is 8.74. The number of rotatable bonds is 6. The Morgan fingerprint density at radius 1 is 1.18 bits per heavy atom. The maximum atomic E-state index is 13.3. The number of ketones is 1. The minimum Gasteiger partial charge on any atom is -0.503 e. The minimum atomic E-state index is -0.710. The van der Waals surface area contributed by atoms with Crippen LogP contribution in [0.5, 0.6) is 0 Å². The second-order valence-corrected chi connectivity index (χ2v) is 10.2. The molecule has 2 aromatic carbocycles. The summed E-state index contributed by atoms with van der Waals surface area (Å²) in [6.45, 7) is 1.91. The van der Waals surface area contributed by atoms with Crippen LogP contribution in [0.3, 0.4) is 0 Å². The highest BCUT2D eigenvalue weighted by atomic mass is 35.5. The first-order valence-electron chi connectivity index (χ1n) is 10.4. The topological polar surface area (TPSA) is 70.5 Å². The minimum absolute atomic E-state index is 0.131. The Balaban J connectivity index is 1.53. The molecule has 0 saturated carbocycles. The maximum absolute atomic E-state index is 13.3. The fourth-order valence-electron chi connectivity index (χ4n) is 3.98. The molecule has 0 spiro atoms. The van der Waals surface area contributed by atoms with E-state index in [-0.39, 0.29) is 17.8 Å². The van der Waals surface area contributed by atoms with Gasteiger partial charge in [-0.2, -0.15) is 0 Å². The maximum Gasteiger partial charge on any atom is 0.296 e. The fraction of sp³-hybridized carbons (Fsp3) is 0.160. The van der Waals surface area contributed by atoms with Gasteiger partial charge in [0.1, 0.15) is 6.04 Å². The van der Waals surface area contributed by atoms with Crippen LogP contribution in [0, 0.1) is 6.92 Å². The molecule has 166 valence electrons. The van der Waals surface area contributed by atoms with Crippen molar-refractivity contribution in [2.45, 2.75) is 25.8 Å². The van der Waals surface area contributed by atoms with Crippen molar-refractivity contribution in [1.29, 1.82) is 0 Å². The number of amides is 1. The number of anilines is 1. The molecule has 1 unspecified atom stereocenters. The summed E-state index contributed by atoms with van der Waals surface area (Å²) in [5, 5.41) is 13.7. The Morgan fingerprint density at radius 3 is 2.70 bits per heavy atom. The van der Waals surface area contributed by atoms with E-state index in [4.69, 9.17) is 11.6 Å². The number of aryl methyl sites for hydroxylation is 2. The number of hydrogen-bond donors (Lipinski definition) is 1. The van der Waals surface area contributed by atoms with Gasteiger partial charge in [0, 0.05) is 16.3 Å². The molecule has 0 radical (unpaired) electrons. The zero-order valence-electron chi connectivity index (χ0n) is 17.6. The normalized spacial score (nSPS) is 16.2. The molecule has 1 aliphatic heterocycles. The lowest BCUT2D eigenvalue weighted by molar-refractivity contribution is -0.118. The van der Waals surface area contributed by atoms with E-state index in [1.165, 1.54) is 27.6 Å². The zero-order valence-corrected chi connectivity index (χ0v) is 20.0. The molecule has 1 atom stereocenters. The summed E-state index contributed by atoms with van der Waals surface area (Å²) in [5.74, 6) is -1.36. The van der Waals surface area contributed by atoms with Gasteiger partial charge in [-0.1, -0.05) is 59.3 Å². The van der Waals surface area contributed by atoms with Crippen molar-refractivity contribution in [3.63, 3.8) is 0 Å². The van der Waals surface area contributed by atoms with Crippen LogP contribution in [0.15, 0.2) is 71.3 Å². The number of hydrogen-bond acceptors (Lipinski definition) is 6. The van der Waals surface area contributed by atoms with Crippen LogP contribution in [-0.2, 0) is 16.0 Å². The number of carbonyl (C=O) groups is 2. The van der Waals surface area contributed by atoms with E-state index >= 15 is 0 Å². The molecule has 5 rings (SSSR count). The van der Waals surface area contributed by atoms with E-state index in [0.717, 1.165) is 20.7 Å². The number of benzene rings is 2. The molecule has 0 fully saturated rings. The molecule has 0 saturated heterocycles. The molecule has 4 aromatic rings. The number of Topliss-reactive ketones (excluding diaryl/α,β-unsaturated/α-hetero) is 1. The van der Waals surface area contributed by atoms with Gasteiger partial charge in [0.15, 0.2) is 16.7 Å². The van der Waals surface area contributed by atoms with Crippen LogP contribution >= 0.6 is 34.3 Å². The van der Waals surface area contributed by atoms with Gasteiger partial charge >= 0.3 is 0 Å². The first kappa shape index (κ1) is 21.8. The van der Waals surface area contributed by atoms with Gasteiger partial charge in [-0.25, -0.2) is 4.98 Å². The summed E-state index contributed by atoms with van der Waals surface area (Å²) in [6, 6.07) is 16.4. The van der Waals surface area contributed by atoms with Gasteiger partial charge in [0.2, 0.25) is 0 Å². The van der Waals surface area contributed by atoms with Crippen LogP contribution < -0.4 is 4.90 Å². The van der Waals surface area contributed by atoms with E-state index in [2.05, 4.69) is 4.98 Å². The van der Waals surface area contributed by atoms with Crippen molar-refractivity contribution in [3.8, 4) is 0 Å². The lowest BCUT2D eigenvalue weighted by Gasteiger charge is -2.23. The highest BCUT2D eigenvalue weighted by Crippen LogP contribution is 2.45. The van der Waals surface area contributed by atoms with Crippen molar-refractivity contribution in [2.75, 3.05) is 4.90 Å². The third kappa shape index (κ3) is 3.97. The van der Waals surface area contributed by atoms with E-state index in [0.29, 0.717) is 22.1 Å². The van der Waals surface area contributed by atoms with Crippen molar-refractivity contribution in [2.24, 2.45) is 0 Å². The average Bonchev–Trinajstić information content (AvgIpc) is 3.52. The van der Waals surface area contributed by atoms with Crippen LogP contribution in [-0.4, -0.2) is 21.8 Å². The molecule has 1 aliphatic rings. The van der Waals surface area contributed by atoms with Crippen LogP contribution in [0.25, 0.3) is 10.2 Å². The zero-order chi connectivity index (χ0) is 23.1. The quantitative estimate of drug-likeness (QED) is 0.335. The molecule has 8 heteroatoms. The Hall–Kier alpha value is -3.00. The number of aromatic nitrogens is 1. The van der Waals surface area contributed by atoms with E-state index in [9.17, 15) is 14.7 Å². The number of nitrogens with zero attached hydrogens (tertiary/aromatic N) is 2. The summed E-state index contributed by atoms with van der Waals surface area (Å²) in [6.07, 6.45) is 0.724. The van der Waals surface area contributed by atoms with E-state index in [1.54, 1.807) is 6.07 Å². The van der Waals surface area contributed by atoms with E-state index < -0.39 is 17.7 Å². The van der Waals surface area contributed by atoms with Crippen molar-refractivity contribution < 1.29 is 14.7 Å². The number of aliphatic hydroxyl groups excluding tert-OH is 1. The Morgan fingerprint density at radius 2 is 1.97 bits per heavy atom. The number of fused-ring (bicyclic) bond motifs is 1. The third-order valence-corrected chi connectivity index (χ3v) is 8.02. The van der Waals surface area contributed by atoms with Crippen molar-refractivity contribution in [1.82, 2.24) is 4.98 Å². The van der Waals surface area contributed by atoms with Gasteiger partial charge in [-0.15, -0.1) is 11.3 Å². The lowest BCUT2D eigenvalue weighted by atomic mass is 9.97. The number of carbonyl (C=O) groups excluding carboxylic acids is 2. The molecule has 3 heterocycles. The summed E-state index contributed by atoms with van der Waals surface area (Å²) < 4.78 is 0.882. The summed E-state index contributed by atoms with van der Waals surface area (Å²) in [4.78, 5) is 33.4. The van der Waals surface area contributed by atoms with Gasteiger partial charge in [-0.05, 0) is 48.1 Å². The predicted octanol–water partition coefficient (Wildman–Crippen LogP) is 6.42. The molecule has 0 bridgehead atoms. The summed E-state index contributed by atoms with van der Waals surface area (Å²) >= 11 is 9.03. The summed E-state index contributed by atoms with van der Waals surface area (Å²) in [7, 11) is 0. The standard InChI is InChI=1S/C25H19ClN2O3S2/c1-14-12-20-17(13-16(14)26)27-25(33-20)28-22(19-8-5-11-32-19)21(23(30)24(28)31)18(29)10-9-15-6-3-2-4-7-15/h2-8,11-13,22,30H,9-10H2,1H3. The molecule has 5 nitrogen and oxygen atoms in total. The SMILES string of the molecule is Cc1cc2sc(N3C(=O)C(O)=C(C(=O)CCc4ccccc4)C3c3cccs3)nc2cc1Cl. The first-order valence-corrected chi connectivity index (χ1v) is 12.5. The number of thiophene rings is 1. The van der Waals surface area contributed by atoms with Crippen LogP contribution in [0.2, 0.25) is 5.02 Å². The molecule has 2 aromatic heterocycles. The molecule has 1 N–H and O–H groups in total. The van der Waals surface area contributed by atoms with Crippen molar-refractivity contribution >= 4 is 61.3 Å². The van der Waals surface area contributed by atoms with Gasteiger partial charge in [-0.3, -0.25) is 14.5 Å². The van der Waals surface area contributed by atoms with Gasteiger partial charge in [0.05, 0.1) is 15.8 Å². The van der Waals surface area contributed by atoms with Crippen LogP contribution in [0.1, 0.15) is 28.5 Å². The molecule has 33 heavy (non-hydrogen) atoms. The Bertz CT molecular complexity index is 1360. The van der Waals surface area contributed by atoms with E-state index in [1.807, 2.05) is 60.8 Å². The second-order valence-electron chi connectivity index (χ2n) is 7.83. The number of halogens is 1. The monoisotopic (exact) mass is 494 g/mol. The predicted molar refractivity (Wildman–Crippen MR) is 133 cm³/mol. The highest BCUT2D eigenvalue weighted by molar-refractivity contribution is 7.22. The highest BCUT2D eigenvalue weighted by Gasteiger charge is 2.45. The number of thiazole rings is 1. The largest absolute Gasteiger partial charge is 0.503 e. The fourth-order valence-corrected chi connectivity index (χ4v) is 6.04. The molecular formula is C25H19ClN2O3S2.